The van der Waals surface area contributed by atoms with Crippen molar-refractivity contribution >= 4 is 52.5 Å². The topological polar surface area (TPSA) is 61.4 Å². The Morgan fingerprint density at radius 2 is 1.64 bits per heavy atom. The Morgan fingerprint density at radius 3 is 2.21 bits per heavy atom. The van der Waals surface area contributed by atoms with Crippen LogP contribution in [0.25, 0.3) is 6.08 Å². The van der Waals surface area contributed by atoms with Gasteiger partial charge in [-0.25, -0.2) is 0 Å². The van der Waals surface area contributed by atoms with Gasteiger partial charge in [-0.1, -0.05) is 23.7 Å². The number of hydrogen-bond acceptors (Lipinski definition) is 3. The number of carbonyl (C=O) groups excluding carboxylic acids is 2. The van der Waals surface area contributed by atoms with Gasteiger partial charge in [-0.05, 0) is 74.1 Å². The van der Waals surface area contributed by atoms with E-state index in [1.807, 2.05) is 26.0 Å². The van der Waals surface area contributed by atoms with Crippen molar-refractivity contribution in [3.63, 3.8) is 0 Å². The predicted octanol–water partition coefficient (Wildman–Crippen LogP) is 4.35. The van der Waals surface area contributed by atoms with E-state index in [-0.39, 0.29) is 16.9 Å². The van der Waals surface area contributed by atoms with Crippen molar-refractivity contribution in [3.8, 4) is 0 Å². The van der Waals surface area contributed by atoms with E-state index < -0.39 is 0 Å². The molecule has 0 aromatic heterocycles. The van der Waals surface area contributed by atoms with E-state index in [1.54, 1.807) is 47.4 Å². The maximum Gasteiger partial charge on any atom is 0.253 e. The van der Waals surface area contributed by atoms with Gasteiger partial charge in [0, 0.05) is 35.4 Å². The highest BCUT2D eigenvalue weighted by molar-refractivity contribution is 7.80. The van der Waals surface area contributed by atoms with E-state index >= 15 is 0 Å². The minimum Gasteiger partial charge on any atom is -0.339 e. The second-order valence-corrected chi connectivity index (χ2v) is 6.73. The van der Waals surface area contributed by atoms with Gasteiger partial charge in [0.25, 0.3) is 5.91 Å². The fraction of sp³-hybridized carbons (Fsp3) is 0.190. The lowest BCUT2D eigenvalue weighted by molar-refractivity contribution is -0.115. The lowest BCUT2D eigenvalue weighted by atomic mass is 10.2. The third-order valence-electron chi connectivity index (χ3n) is 3.97. The van der Waals surface area contributed by atoms with E-state index in [1.165, 1.54) is 6.08 Å². The average molecular weight is 416 g/mol. The van der Waals surface area contributed by atoms with Crippen LogP contribution in [0.5, 0.6) is 0 Å². The molecular formula is C21H22ClN3O2S. The zero-order valence-electron chi connectivity index (χ0n) is 15.7. The molecule has 0 radical (unpaired) electrons. The highest BCUT2D eigenvalue weighted by Gasteiger charge is 2.12. The summed E-state index contributed by atoms with van der Waals surface area (Å²) in [7, 11) is 0. The Bertz CT molecular complexity index is 860. The van der Waals surface area contributed by atoms with Crippen LogP contribution in [0, 0.1) is 0 Å². The SMILES string of the molecule is CCN(CC)C(=O)c1ccc(NC(=S)NC(=O)/C=C/c2ccc(Cl)cc2)cc1. The fourth-order valence-corrected chi connectivity index (χ4v) is 2.80. The molecule has 0 spiro atoms. The molecule has 0 bridgehead atoms. The molecule has 2 amide bonds. The minimum atomic E-state index is -0.346. The third-order valence-corrected chi connectivity index (χ3v) is 4.43. The number of benzene rings is 2. The lowest BCUT2D eigenvalue weighted by Gasteiger charge is -2.18. The van der Waals surface area contributed by atoms with Crippen LogP contribution in [0.4, 0.5) is 5.69 Å². The fourth-order valence-electron chi connectivity index (χ4n) is 2.45. The third kappa shape index (κ3) is 6.48. The predicted molar refractivity (Wildman–Crippen MR) is 119 cm³/mol. The summed E-state index contributed by atoms with van der Waals surface area (Å²) in [5.74, 6) is -0.361. The molecule has 0 aliphatic carbocycles. The standard InChI is InChI=1S/C21H22ClN3O2S/c1-3-25(4-2)20(27)16-8-12-18(13-9-16)23-21(28)24-19(26)14-7-15-5-10-17(22)11-6-15/h5-14H,3-4H2,1-2H3,(H2,23,24,26,28)/b14-7+. The van der Waals surface area contributed by atoms with E-state index in [0.29, 0.717) is 29.4 Å². The largest absolute Gasteiger partial charge is 0.339 e. The van der Waals surface area contributed by atoms with Crippen LogP contribution in [-0.2, 0) is 4.79 Å². The summed E-state index contributed by atoms with van der Waals surface area (Å²) in [4.78, 5) is 26.0. The van der Waals surface area contributed by atoms with Crippen LogP contribution in [-0.4, -0.2) is 34.9 Å². The molecule has 2 N–H and O–H groups in total. The summed E-state index contributed by atoms with van der Waals surface area (Å²) in [5, 5.41) is 6.31. The molecule has 0 aliphatic heterocycles. The molecule has 2 rings (SSSR count). The number of halogens is 1. The Kier molecular flexibility index (Phi) is 8.17. The smallest absolute Gasteiger partial charge is 0.253 e. The van der Waals surface area contributed by atoms with Gasteiger partial charge < -0.3 is 10.2 Å². The van der Waals surface area contributed by atoms with Gasteiger partial charge in [0.15, 0.2) is 5.11 Å². The molecule has 0 unspecified atom stereocenters. The Labute approximate surface area is 175 Å². The molecule has 0 heterocycles. The number of anilines is 1. The molecule has 0 atom stereocenters. The Morgan fingerprint density at radius 1 is 1.04 bits per heavy atom. The first kappa shape index (κ1) is 21.6. The second kappa shape index (κ2) is 10.6. The Balaban J connectivity index is 1.89. The van der Waals surface area contributed by atoms with Crippen molar-refractivity contribution in [2.24, 2.45) is 0 Å². The summed E-state index contributed by atoms with van der Waals surface area (Å²) in [6, 6.07) is 14.1. The summed E-state index contributed by atoms with van der Waals surface area (Å²) in [6.07, 6.45) is 3.06. The molecule has 0 aliphatic rings. The highest BCUT2D eigenvalue weighted by Crippen LogP contribution is 2.12. The van der Waals surface area contributed by atoms with Crippen molar-refractivity contribution in [1.82, 2.24) is 10.2 Å². The van der Waals surface area contributed by atoms with Crippen molar-refractivity contribution < 1.29 is 9.59 Å². The molecule has 0 saturated carbocycles. The first-order valence-corrected chi connectivity index (χ1v) is 9.66. The number of nitrogens with one attached hydrogen (secondary N) is 2. The molecule has 0 fully saturated rings. The van der Waals surface area contributed by atoms with Gasteiger partial charge in [0.1, 0.15) is 0 Å². The summed E-state index contributed by atoms with van der Waals surface area (Å²) in [6.45, 7) is 5.21. The lowest BCUT2D eigenvalue weighted by Crippen LogP contribution is -2.33. The van der Waals surface area contributed by atoms with Crippen molar-refractivity contribution in [3.05, 3.63) is 70.8 Å². The molecule has 146 valence electrons. The summed E-state index contributed by atoms with van der Waals surface area (Å²) in [5.41, 5.74) is 2.14. The minimum absolute atomic E-state index is 0.0141. The molecule has 2 aromatic carbocycles. The van der Waals surface area contributed by atoms with Crippen molar-refractivity contribution in [1.29, 1.82) is 0 Å². The average Bonchev–Trinajstić information content (AvgIpc) is 2.69. The summed E-state index contributed by atoms with van der Waals surface area (Å²) < 4.78 is 0. The molecule has 7 heteroatoms. The molecule has 28 heavy (non-hydrogen) atoms. The number of hydrogen-bond donors (Lipinski definition) is 2. The molecule has 0 saturated heterocycles. The second-order valence-electron chi connectivity index (χ2n) is 5.88. The maximum atomic E-state index is 12.3. The van der Waals surface area contributed by atoms with E-state index in [2.05, 4.69) is 10.6 Å². The van der Waals surface area contributed by atoms with Crippen LogP contribution in [0.15, 0.2) is 54.6 Å². The van der Waals surface area contributed by atoms with Crippen LogP contribution in [0.3, 0.4) is 0 Å². The highest BCUT2D eigenvalue weighted by atomic mass is 35.5. The van der Waals surface area contributed by atoms with Crippen LogP contribution in [0.2, 0.25) is 5.02 Å². The zero-order chi connectivity index (χ0) is 20.5. The Hall–Kier alpha value is -2.70. The number of amides is 2. The van der Waals surface area contributed by atoms with Gasteiger partial charge in [-0.3, -0.25) is 14.9 Å². The van der Waals surface area contributed by atoms with Crippen LogP contribution < -0.4 is 10.6 Å². The van der Waals surface area contributed by atoms with Crippen LogP contribution in [0.1, 0.15) is 29.8 Å². The first-order valence-electron chi connectivity index (χ1n) is 8.88. The van der Waals surface area contributed by atoms with Gasteiger partial charge in [-0.15, -0.1) is 0 Å². The number of thiocarbonyl (C=S) groups is 1. The molecule has 2 aromatic rings. The van der Waals surface area contributed by atoms with E-state index in [9.17, 15) is 9.59 Å². The van der Waals surface area contributed by atoms with Crippen molar-refractivity contribution in [2.75, 3.05) is 18.4 Å². The van der Waals surface area contributed by atoms with Gasteiger partial charge in [0.05, 0.1) is 0 Å². The first-order chi connectivity index (χ1) is 13.4. The normalized spacial score (nSPS) is 10.5. The van der Waals surface area contributed by atoms with E-state index in [0.717, 1.165) is 5.56 Å². The van der Waals surface area contributed by atoms with Gasteiger partial charge >= 0.3 is 0 Å². The summed E-state index contributed by atoms with van der Waals surface area (Å²) >= 11 is 11.0. The molecular weight excluding hydrogens is 394 g/mol. The zero-order valence-corrected chi connectivity index (χ0v) is 17.3. The van der Waals surface area contributed by atoms with E-state index in [4.69, 9.17) is 23.8 Å². The maximum absolute atomic E-state index is 12.3. The monoisotopic (exact) mass is 415 g/mol. The molecule has 5 nitrogen and oxygen atoms in total. The van der Waals surface area contributed by atoms with Crippen LogP contribution >= 0.6 is 23.8 Å². The van der Waals surface area contributed by atoms with Gasteiger partial charge in [0.2, 0.25) is 5.91 Å². The van der Waals surface area contributed by atoms with Crippen molar-refractivity contribution in [2.45, 2.75) is 13.8 Å². The number of nitrogens with zero attached hydrogens (tertiary/aromatic N) is 1. The number of carbonyl (C=O) groups is 2. The quantitative estimate of drug-likeness (QED) is 0.544. The number of rotatable bonds is 6. The van der Waals surface area contributed by atoms with Gasteiger partial charge in [-0.2, -0.15) is 0 Å².